The van der Waals surface area contributed by atoms with Crippen molar-refractivity contribution in [1.29, 1.82) is 0 Å². The van der Waals surface area contributed by atoms with Gasteiger partial charge in [-0.2, -0.15) is 44.6 Å². The zero-order valence-corrected chi connectivity index (χ0v) is 17.0. The van der Waals surface area contributed by atoms with E-state index in [-0.39, 0.29) is 16.8 Å². The van der Waals surface area contributed by atoms with Crippen LogP contribution in [0.25, 0.3) is 28.0 Å². The highest BCUT2D eigenvalue weighted by atomic mass is 19.4. The minimum Gasteiger partial charge on any atom is -0.483 e. The standard InChI is InChI=1S/C21H11F9N4O/c22-19(23,24)10-35-16-7-12(1-2-14(16)20(25,26)27)15-8-17(21(28,29)30)34-18(33-15)13(9-32-34)11-3-5-31-6-4-11/h1-9H,10H2. The van der Waals surface area contributed by atoms with Crippen LogP contribution >= 0.6 is 0 Å². The lowest BCUT2D eigenvalue weighted by atomic mass is 10.1. The van der Waals surface area contributed by atoms with Crippen LogP contribution in [0.2, 0.25) is 0 Å². The molecule has 0 aliphatic heterocycles. The Balaban J connectivity index is 1.92. The molecule has 3 heterocycles. The van der Waals surface area contributed by atoms with Gasteiger partial charge in [-0.3, -0.25) is 4.98 Å². The molecule has 0 amide bonds. The third-order valence-corrected chi connectivity index (χ3v) is 4.73. The first-order valence-electron chi connectivity index (χ1n) is 9.51. The van der Waals surface area contributed by atoms with Crippen molar-refractivity contribution in [1.82, 2.24) is 19.6 Å². The second-order valence-electron chi connectivity index (χ2n) is 7.17. The number of ether oxygens (including phenoxy) is 1. The van der Waals surface area contributed by atoms with Gasteiger partial charge < -0.3 is 4.74 Å². The summed E-state index contributed by atoms with van der Waals surface area (Å²) in [5.74, 6) is -1.20. The van der Waals surface area contributed by atoms with Gasteiger partial charge in [-0.1, -0.05) is 6.07 Å². The summed E-state index contributed by atoms with van der Waals surface area (Å²) in [6, 6.07) is 5.28. The molecule has 0 unspecified atom stereocenters. The molecule has 3 aromatic heterocycles. The van der Waals surface area contributed by atoms with Crippen molar-refractivity contribution in [2.75, 3.05) is 6.61 Å². The summed E-state index contributed by atoms with van der Waals surface area (Å²) >= 11 is 0. The molecule has 14 heteroatoms. The highest BCUT2D eigenvalue weighted by Gasteiger charge is 2.38. The van der Waals surface area contributed by atoms with Gasteiger partial charge in [-0.25, -0.2) is 9.50 Å². The summed E-state index contributed by atoms with van der Waals surface area (Å²) in [7, 11) is 0. The van der Waals surface area contributed by atoms with Gasteiger partial charge in [0, 0.05) is 23.5 Å². The van der Waals surface area contributed by atoms with Crippen molar-refractivity contribution >= 4 is 5.65 Å². The minimum atomic E-state index is -5.08. The molecule has 0 spiro atoms. The van der Waals surface area contributed by atoms with Gasteiger partial charge >= 0.3 is 18.5 Å². The van der Waals surface area contributed by atoms with Crippen molar-refractivity contribution in [2.45, 2.75) is 18.5 Å². The fourth-order valence-electron chi connectivity index (χ4n) is 3.24. The molecule has 35 heavy (non-hydrogen) atoms. The van der Waals surface area contributed by atoms with Crippen LogP contribution in [0.4, 0.5) is 39.5 Å². The van der Waals surface area contributed by atoms with E-state index in [1.54, 1.807) is 0 Å². The number of alkyl halides is 9. The maximum absolute atomic E-state index is 13.8. The fraction of sp³-hybridized carbons (Fsp3) is 0.190. The van der Waals surface area contributed by atoms with Crippen LogP contribution in [-0.4, -0.2) is 32.4 Å². The molecule has 184 valence electrons. The zero-order chi connectivity index (χ0) is 25.6. The molecule has 0 saturated carbocycles. The molecule has 0 saturated heterocycles. The average molecular weight is 506 g/mol. The van der Waals surface area contributed by atoms with Gasteiger partial charge in [-0.15, -0.1) is 0 Å². The molecular weight excluding hydrogens is 495 g/mol. The number of pyridine rings is 1. The molecule has 5 nitrogen and oxygen atoms in total. The average Bonchev–Trinajstić information content (AvgIpc) is 3.19. The van der Waals surface area contributed by atoms with Crippen LogP contribution in [0.3, 0.4) is 0 Å². The monoisotopic (exact) mass is 506 g/mol. The fourth-order valence-corrected chi connectivity index (χ4v) is 3.24. The van der Waals surface area contributed by atoms with Crippen LogP contribution in [0.5, 0.6) is 5.75 Å². The summed E-state index contributed by atoms with van der Waals surface area (Å²) in [6.45, 7) is -2.03. The van der Waals surface area contributed by atoms with Gasteiger partial charge in [0.25, 0.3) is 0 Å². The topological polar surface area (TPSA) is 52.3 Å². The number of rotatable bonds is 4. The minimum absolute atomic E-state index is 0.167. The maximum atomic E-state index is 13.8. The Labute approximate surface area is 189 Å². The number of benzene rings is 1. The first kappa shape index (κ1) is 24.3. The van der Waals surface area contributed by atoms with Gasteiger partial charge in [0.1, 0.15) is 5.75 Å². The Morgan fingerprint density at radius 2 is 1.49 bits per heavy atom. The van der Waals surface area contributed by atoms with E-state index in [4.69, 9.17) is 0 Å². The lowest BCUT2D eigenvalue weighted by molar-refractivity contribution is -0.158. The van der Waals surface area contributed by atoms with Crippen LogP contribution < -0.4 is 4.74 Å². The predicted octanol–water partition coefficient (Wildman–Crippen LogP) is 6.44. The Hall–Kier alpha value is -3.84. The number of nitrogens with zero attached hydrogens (tertiary/aromatic N) is 4. The molecule has 4 rings (SSSR count). The number of aromatic nitrogens is 4. The van der Waals surface area contributed by atoms with Crippen LogP contribution in [0.15, 0.2) is 55.0 Å². The highest BCUT2D eigenvalue weighted by Crippen LogP contribution is 2.40. The van der Waals surface area contributed by atoms with Crippen LogP contribution in [0, 0.1) is 0 Å². The normalized spacial score (nSPS) is 12.8. The molecule has 0 N–H and O–H groups in total. The Kier molecular flexibility index (Phi) is 5.85. The van der Waals surface area contributed by atoms with Crippen LogP contribution in [-0.2, 0) is 12.4 Å². The first-order chi connectivity index (χ1) is 16.2. The largest absolute Gasteiger partial charge is 0.483 e. The lowest BCUT2D eigenvalue weighted by Gasteiger charge is -2.17. The molecule has 1 aromatic carbocycles. The summed E-state index contributed by atoms with van der Waals surface area (Å²) in [4.78, 5) is 7.94. The van der Waals surface area contributed by atoms with E-state index in [1.807, 2.05) is 0 Å². The summed E-state index contributed by atoms with van der Waals surface area (Å²) in [6.07, 6.45) is -11.1. The van der Waals surface area contributed by atoms with E-state index < -0.39 is 47.8 Å². The van der Waals surface area contributed by atoms with Crippen molar-refractivity contribution in [3.05, 3.63) is 66.2 Å². The van der Waals surface area contributed by atoms with E-state index in [0.29, 0.717) is 28.3 Å². The van der Waals surface area contributed by atoms with Gasteiger partial charge in [0.15, 0.2) is 17.9 Å². The molecule has 0 fully saturated rings. The Morgan fingerprint density at radius 3 is 2.09 bits per heavy atom. The SMILES string of the molecule is FC(F)(F)COc1cc(-c2cc(C(F)(F)F)n3ncc(-c4ccncc4)c3n2)ccc1C(F)(F)F. The van der Waals surface area contributed by atoms with Crippen LogP contribution in [0.1, 0.15) is 11.3 Å². The van der Waals surface area contributed by atoms with Gasteiger partial charge in [0.2, 0.25) is 0 Å². The molecule has 4 aromatic rings. The highest BCUT2D eigenvalue weighted by molar-refractivity contribution is 5.79. The lowest BCUT2D eigenvalue weighted by Crippen LogP contribution is -2.21. The third-order valence-electron chi connectivity index (χ3n) is 4.73. The van der Waals surface area contributed by atoms with E-state index in [0.717, 1.165) is 12.3 Å². The smallest absolute Gasteiger partial charge is 0.433 e. The zero-order valence-electron chi connectivity index (χ0n) is 17.0. The molecule has 0 bridgehead atoms. The number of halogens is 9. The first-order valence-corrected chi connectivity index (χ1v) is 9.51. The maximum Gasteiger partial charge on any atom is 0.433 e. The van der Waals surface area contributed by atoms with E-state index in [1.165, 1.54) is 24.5 Å². The Morgan fingerprint density at radius 1 is 0.800 bits per heavy atom. The van der Waals surface area contributed by atoms with Crippen molar-refractivity contribution in [3.8, 4) is 28.1 Å². The summed E-state index contributed by atoms with van der Waals surface area (Å²) in [5, 5.41) is 3.73. The molecular formula is C21H11F9N4O. The Bertz CT molecular complexity index is 1360. The predicted molar refractivity (Wildman–Crippen MR) is 103 cm³/mol. The summed E-state index contributed by atoms with van der Waals surface area (Å²) < 4.78 is 124. The molecule has 0 radical (unpaired) electrons. The second-order valence-corrected chi connectivity index (χ2v) is 7.17. The molecule has 0 atom stereocenters. The van der Waals surface area contributed by atoms with Gasteiger partial charge in [-0.05, 0) is 35.9 Å². The third kappa shape index (κ3) is 5.15. The van der Waals surface area contributed by atoms with Crippen molar-refractivity contribution in [3.63, 3.8) is 0 Å². The van der Waals surface area contributed by atoms with E-state index in [2.05, 4.69) is 19.8 Å². The van der Waals surface area contributed by atoms with Gasteiger partial charge in [0.05, 0.1) is 17.5 Å². The second kappa shape index (κ2) is 8.43. The number of hydrogen-bond acceptors (Lipinski definition) is 4. The number of hydrogen-bond donors (Lipinski definition) is 0. The summed E-state index contributed by atoms with van der Waals surface area (Å²) in [5.41, 5.74) is -3.30. The van der Waals surface area contributed by atoms with Crippen molar-refractivity contribution < 1.29 is 44.3 Å². The van der Waals surface area contributed by atoms with Crippen molar-refractivity contribution in [2.24, 2.45) is 0 Å². The quantitative estimate of drug-likeness (QED) is 0.299. The molecule has 0 aliphatic rings. The van der Waals surface area contributed by atoms with E-state index in [9.17, 15) is 39.5 Å². The van der Waals surface area contributed by atoms with E-state index >= 15 is 0 Å². The molecule has 0 aliphatic carbocycles. The number of fused-ring (bicyclic) bond motifs is 1.